The third kappa shape index (κ3) is 4.78. The van der Waals surface area contributed by atoms with Crippen molar-refractivity contribution < 1.29 is 9.21 Å². The summed E-state index contributed by atoms with van der Waals surface area (Å²) in [6.45, 7) is 3.96. The van der Waals surface area contributed by atoms with Crippen molar-refractivity contribution >= 4 is 28.1 Å². The van der Waals surface area contributed by atoms with E-state index in [1.807, 2.05) is 13.8 Å². The van der Waals surface area contributed by atoms with Crippen LogP contribution < -0.4 is 5.43 Å². The molecule has 82 valence electrons. The quantitative estimate of drug-likeness (QED) is 0.677. The fraction of sp³-hybridized carbons (Fsp3) is 0.400. The number of hydrogen-bond acceptors (Lipinski definition) is 3. The number of carbonyl (C=O) groups excluding carboxylic acids is 1. The zero-order valence-electron chi connectivity index (χ0n) is 8.66. The van der Waals surface area contributed by atoms with Crippen molar-refractivity contribution in [3.8, 4) is 0 Å². The standard InChI is InChI=1S/C10H13BrN2O2/c1-7(2)5-10(14)13-12-6-8-3-4-9(11)15-8/h3-4,6-7H,5H2,1-2H3,(H,13,14)/b12-6-. The summed E-state index contributed by atoms with van der Waals surface area (Å²) in [5, 5.41) is 3.77. The molecule has 0 radical (unpaired) electrons. The van der Waals surface area contributed by atoms with Crippen molar-refractivity contribution in [2.45, 2.75) is 20.3 Å². The Morgan fingerprint density at radius 1 is 1.67 bits per heavy atom. The van der Waals surface area contributed by atoms with Crippen molar-refractivity contribution in [1.29, 1.82) is 0 Å². The lowest BCUT2D eigenvalue weighted by Crippen LogP contribution is -2.18. The molecular weight excluding hydrogens is 260 g/mol. The number of amides is 1. The molecule has 0 saturated heterocycles. The third-order valence-electron chi connectivity index (χ3n) is 1.57. The van der Waals surface area contributed by atoms with Crippen LogP contribution in [0.25, 0.3) is 0 Å². The minimum absolute atomic E-state index is 0.0909. The number of hydrogen-bond donors (Lipinski definition) is 1. The molecule has 0 aliphatic heterocycles. The molecule has 0 fully saturated rings. The lowest BCUT2D eigenvalue weighted by atomic mass is 10.1. The van der Waals surface area contributed by atoms with Gasteiger partial charge in [-0.3, -0.25) is 4.79 Å². The first-order valence-electron chi connectivity index (χ1n) is 4.65. The van der Waals surface area contributed by atoms with Gasteiger partial charge in [0, 0.05) is 6.42 Å². The van der Waals surface area contributed by atoms with Crippen LogP contribution in [-0.4, -0.2) is 12.1 Å². The van der Waals surface area contributed by atoms with Gasteiger partial charge < -0.3 is 4.42 Å². The normalized spacial score (nSPS) is 11.2. The zero-order chi connectivity index (χ0) is 11.3. The van der Waals surface area contributed by atoms with Crippen LogP contribution in [0, 0.1) is 5.92 Å². The molecule has 0 aromatic carbocycles. The van der Waals surface area contributed by atoms with Crippen LogP contribution >= 0.6 is 15.9 Å². The first-order chi connectivity index (χ1) is 7.08. The lowest BCUT2D eigenvalue weighted by molar-refractivity contribution is -0.121. The molecule has 0 saturated carbocycles. The Hall–Kier alpha value is -1.10. The van der Waals surface area contributed by atoms with Crippen LogP contribution in [0.1, 0.15) is 26.0 Å². The highest BCUT2D eigenvalue weighted by atomic mass is 79.9. The third-order valence-corrected chi connectivity index (χ3v) is 1.99. The molecule has 0 spiro atoms. The average Bonchev–Trinajstić information content (AvgIpc) is 2.50. The Morgan fingerprint density at radius 3 is 2.93 bits per heavy atom. The summed E-state index contributed by atoms with van der Waals surface area (Å²) in [5.41, 5.74) is 2.43. The Kier molecular flexibility index (Phi) is 4.55. The maximum absolute atomic E-state index is 11.2. The Bertz CT molecular complexity index is 358. The highest BCUT2D eigenvalue weighted by Gasteiger charge is 2.02. The highest BCUT2D eigenvalue weighted by molar-refractivity contribution is 9.10. The predicted octanol–water partition coefficient (Wildman–Crippen LogP) is 2.54. The number of carbonyl (C=O) groups is 1. The van der Waals surface area contributed by atoms with Crippen molar-refractivity contribution in [1.82, 2.24) is 5.43 Å². The zero-order valence-corrected chi connectivity index (χ0v) is 10.2. The van der Waals surface area contributed by atoms with Gasteiger partial charge in [0.25, 0.3) is 0 Å². The summed E-state index contributed by atoms with van der Waals surface area (Å²) in [7, 11) is 0. The number of furan rings is 1. The number of nitrogens with one attached hydrogen (secondary N) is 1. The van der Waals surface area contributed by atoms with E-state index in [0.717, 1.165) is 0 Å². The van der Waals surface area contributed by atoms with E-state index in [1.165, 1.54) is 6.21 Å². The maximum Gasteiger partial charge on any atom is 0.240 e. The molecule has 0 atom stereocenters. The van der Waals surface area contributed by atoms with Gasteiger partial charge in [-0.2, -0.15) is 5.10 Å². The van der Waals surface area contributed by atoms with Gasteiger partial charge in [0.15, 0.2) is 4.67 Å². The SMILES string of the molecule is CC(C)CC(=O)N/N=C\c1ccc(Br)o1. The van der Waals surface area contributed by atoms with Crippen molar-refractivity contribution in [3.63, 3.8) is 0 Å². The molecular formula is C10H13BrN2O2. The second-order valence-electron chi connectivity index (χ2n) is 3.53. The molecule has 5 heteroatoms. The van der Waals surface area contributed by atoms with Crippen LogP contribution in [0.3, 0.4) is 0 Å². The number of halogens is 1. The molecule has 0 aliphatic carbocycles. The maximum atomic E-state index is 11.2. The number of hydrazone groups is 1. The predicted molar refractivity (Wildman–Crippen MR) is 61.6 cm³/mol. The average molecular weight is 273 g/mol. The second kappa shape index (κ2) is 5.70. The minimum Gasteiger partial charge on any atom is -0.448 e. The molecule has 0 aliphatic rings. The fourth-order valence-electron chi connectivity index (χ4n) is 0.982. The smallest absolute Gasteiger partial charge is 0.240 e. The second-order valence-corrected chi connectivity index (χ2v) is 4.31. The molecule has 4 nitrogen and oxygen atoms in total. The molecule has 0 unspecified atom stereocenters. The van der Waals surface area contributed by atoms with Gasteiger partial charge in [-0.05, 0) is 34.0 Å². The van der Waals surface area contributed by atoms with Gasteiger partial charge >= 0.3 is 0 Å². The number of rotatable bonds is 4. The summed E-state index contributed by atoms with van der Waals surface area (Å²) in [6.07, 6.45) is 1.93. The Morgan fingerprint density at radius 2 is 2.40 bits per heavy atom. The molecule has 0 bridgehead atoms. The molecule has 1 rings (SSSR count). The van der Waals surface area contributed by atoms with Crippen LogP contribution in [0.4, 0.5) is 0 Å². The lowest BCUT2D eigenvalue weighted by Gasteiger charge is -2.01. The van der Waals surface area contributed by atoms with E-state index in [2.05, 4.69) is 26.5 Å². The topological polar surface area (TPSA) is 54.6 Å². The van der Waals surface area contributed by atoms with Gasteiger partial charge in [-0.1, -0.05) is 13.8 Å². The summed E-state index contributed by atoms with van der Waals surface area (Å²) in [4.78, 5) is 11.2. The Balaban J connectivity index is 2.36. The van der Waals surface area contributed by atoms with Crippen LogP contribution in [0.15, 0.2) is 26.3 Å². The molecule has 1 N–H and O–H groups in total. The van der Waals surface area contributed by atoms with Crippen LogP contribution in [0.5, 0.6) is 0 Å². The van der Waals surface area contributed by atoms with Crippen molar-refractivity contribution in [2.75, 3.05) is 0 Å². The molecule has 1 aromatic rings. The van der Waals surface area contributed by atoms with Gasteiger partial charge in [-0.25, -0.2) is 5.43 Å². The van der Waals surface area contributed by atoms with Crippen LogP contribution in [-0.2, 0) is 4.79 Å². The van der Waals surface area contributed by atoms with Crippen LogP contribution in [0.2, 0.25) is 0 Å². The highest BCUT2D eigenvalue weighted by Crippen LogP contribution is 2.11. The van der Waals surface area contributed by atoms with E-state index in [-0.39, 0.29) is 5.91 Å². The minimum atomic E-state index is -0.0909. The molecule has 1 aromatic heterocycles. The summed E-state index contributed by atoms with van der Waals surface area (Å²) in [6, 6.07) is 3.51. The molecule has 1 heterocycles. The first kappa shape index (κ1) is 12.0. The van der Waals surface area contributed by atoms with Gasteiger partial charge in [0.2, 0.25) is 5.91 Å². The molecule has 15 heavy (non-hydrogen) atoms. The largest absolute Gasteiger partial charge is 0.448 e. The van der Waals surface area contributed by atoms with Crippen molar-refractivity contribution in [3.05, 3.63) is 22.6 Å². The Labute approximate surface area is 96.9 Å². The van der Waals surface area contributed by atoms with E-state index >= 15 is 0 Å². The van der Waals surface area contributed by atoms with E-state index in [1.54, 1.807) is 12.1 Å². The first-order valence-corrected chi connectivity index (χ1v) is 5.44. The fourth-order valence-corrected chi connectivity index (χ4v) is 1.30. The van der Waals surface area contributed by atoms with E-state index < -0.39 is 0 Å². The van der Waals surface area contributed by atoms with E-state index in [9.17, 15) is 4.79 Å². The summed E-state index contributed by atoms with van der Waals surface area (Å²) in [5.74, 6) is 0.830. The van der Waals surface area contributed by atoms with Gasteiger partial charge in [0.1, 0.15) is 5.76 Å². The monoisotopic (exact) mass is 272 g/mol. The molecule has 1 amide bonds. The van der Waals surface area contributed by atoms with Crippen molar-refractivity contribution in [2.24, 2.45) is 11.0 Å². The number of nitrogens with zero attached hydrogens (tertiary/aromatic N) is 1. The van der Waals surface area contributed by atoms with Gasteiger partial charge in [-0.15, -0.1) is 0 Å². The van der Waals surface area contributed by atoms with E-state index in [4.69, 9.17) is 4.42 Å². The summed E-state index contributed by atoms with van der Waals surface area (Å²) < 4.78 is 5.80. The summed E-state index contributed by atoms with van der Waals surface area (Å²) >= 11 is 3.17. The van der Waals surface area contributed by atoms with Gasteiger partial charge in [0.05, 0.1) is 6.21 Å². The van der Waals surface area contributed by atoms with E-state index in [0.29, 0.717) is 22.8 Å².